The highest BCUT2D eigenvalue weighted by atomic mass is 16.5. The fourth-order valence-corrected chi connectivity index (χ4v) is 1.97. The van der Waals surface area contributed by atoms with Crippen molar-refractivity contribution < 1.29 is 14.6 Å². The summed E-state index contributed by atoms with van der Waals surface area (Å²) >= 11 is 0. The molecule has 5 nitrogen and oxygen atoms in total. The first-order valence-corrected chi connectivity index (χ1v) is 7.29. The Bertz CT molecular complexity index is 722. The molecule has 0 heterocycles. The number of aromatic hydroxyl groups is 1. The van der Waals surface area contributed by atoms with Gasteiger partial charge >= 0.3 is 0 Å². The fourth-order valence-electron chi connectivity index (χ4n) is 1.97. The third kappa shape index (κ3) is 4.57. The number of phenolic OH excluding ortho intramolecular Hbond substituents is 1. The van der Waals surface area contributed by atoms with Crippen molar-refractivity contribution in [2.45, 2.75) is 20.8 Å². The quantitative estimate of drug-likeness (QED) is 0.659. The van der Waals surface area contributed by atoms with Crippen molar-refractivity contribution in [2.24, 2.45) is 5.10 Å². The van der Waals surface area contributed by atoms with Crippen LogP contribution in [0.5, 0.6) is 11.5 Å². The van der Waals surface area contributed by atoms with Crippen molar-refractivity contribution in [3.8, 4) is 11.5 Å². The normalized spacial score (nSPS) is 11.2. The zero-order valence-electron chi connectivity index (χ0n) is 13.5. The van der Waals surface area contributed by atoms with Crippen LogP contribution in [-0.4, -0.2) is 23.3 Å². The summed E-state index contributed by atoms with van der Waals surface area (Å²) in [5, 5.41) is 13.3. The molecule has 2 aromatic carbocycles. The summed E-state index contributed by atoms with van der Waals surface area (Å²) in [7, 11) is 0. The average Bonchev–Trinajstić information content (AvgIpc) is 2.54. The van der Waals surface area contributed by atoms with Crippen LogP contribution in [0.3, 0.4) is 0 Å². The minimum Gasteiger partial charge on any atom is -0.508 e. The molecule has 5 heteroatoms. The van der Waals surface area contributed by atoms with Crippen molar-refractivity contribution >= 4 is 11.6 Å². The number of ether oxygens (including phenoxy) is 1. The van der Waals surface area contributed by atoms with Crippen LogP contribution >= 0.6 is 0 Å². The van der Waals surface area contributed by atoms with Gasteiger partial charge in [-0.05, 0) is 67.8 Å². The molecule has 2 aromatic rings. The number of nitrogens with one attached hydrogen (secondary N) is 1. The van der Waals surface area contributed by atoms with E-state index in [1.54, 1.807) is 31.2 Å². The summed E-state index contributed by atoms with van der Waals surface area (Å²) in [6.45, 7) is 5.62. The molecule has 2 rings (SSSR count). The second kappa shape index (κ2) is 7.45. The first-order valence-electron chi connectivity index (χ1n) is 7.29. The molecule has 0 saturated carbocycles. The zero-order chi connectivity index (χ0) is 16.8. The Morgan fingerprint density at radius 3 is 2.57 bits per heavy atom. The summed E-state index contributed by atoms with van der Waals surface area (Å²) in [5.41, 5.74) is 6.06. The summed E-state index contributed by atoms with van der Waals surface area (Å²) in [4.78, 5) is 11.8. The molecular formula is C18H20N2O3. The number of carbonyl (C=O) groups is 1. The van der Waals surface area contributed by atoms with Gasteiger partial charge in [-0.1, -0.05) is 12.1 Å². The minimum absolute atomic E-state index is 0.101. The van der Waals surface area contributed by atoms with Crippen LogP contribution in [0.4, 0.5) is 0 Å². The van der Waals surface area contributed by atoms with Gasteiger partial charge in [0.1, 0.15) is 11.5 Å². The lowest BCUT2D eigenvalue weighted by molar-refractivity contribution is -0.123. The van der Waals surface area contributed by atoms with Crippen LogP contribution in [0.1, 0.15) is 23.6 Å². The van der Waals surface area contributed by atoms with Gasteiger partial charge in [-0.15, -0.1) is 0 Å². The Hall–Kier alpha value is -2.82. The van der Waals surface area contributed by atoms with E-state index in [-0.39, 0.29) is 18.3 Å². The van der Waals surface area contributed by atoms with Gasteiger partial charge in [0.05, 0.1) is 5.71 Å². The van der Waals surface area contributed by atoms with Crippen LogP contribution in [-0.2, 0) is 4.79 Å². The number of benzene rings is 2. The average molecular weight is 312 g/mol. The number of carbonyl (C=O) groups excluding carboxylic acids is 1. The maximum Gasteiger partial charge on any atom is 0.277 e. The fraction of sp³-hybridized carbons (Fsp3) is 0.222. The second-order valence-electron chi connectivity index (χ2n) is 5.27. The maximum absolute atomic E-state index is 11.8. The highest BCUT2D eigenvalue weighted by molar-refractivity contribution is 5.99. The van der Waals surface area contributed by atoms with Gasteiger partial charge in [-0.25, -0.2) is 5.43 Å². The van der Waals surface area contributed by atoms with Crippen molar-refractivity contribution in [3.63, 3.8) is 0 Å². The van der Waals surface area contributed by atoms with E-state index in [9.17, 15) is 9.90 Å². The first kappa shape index (κ1) is 16.5. The smallest absolute Gasteiger partial charge is 0.277 e. The molecule has 0 unspecified atom stereocenters. The van der Waals surface area contributed by atoms with Crippen molar-refractivity contribution in [2.75, 3.05) is 6.61 Å². The summed E-state index contributed by atoms with van der Waals surface area (Å²) in [6, 6.07) is 12.3. The highest BCUT2D eigenvalue weighted by Crippen LogP contribution is 2.20. The van der Waals surface area contributed by atoms with Gasteiger partial charge < -0.3 is 9.84 Å². The molecule has 2 N–H and O–H groups in total. The van der Waals surface area contributed by atoms with Gasteiger partial charge in [0, 0.05) is 0 Å². The topological polar surface area (TPSA) is 70.9 Å². The second-order valence-corrected chi connectivity index (χ2v) is 5.27. The maximum atomic E-state index is 11.8. The van der Waals surface area contributed by atoms with E-state index in [0.717, 1.165) is 16.7 Å². The van der Waals surface area contributed by atoms with E-state index in [2.05, 4.69) is 10.5 Å². The zero-order valence-corrected chi connectivity index (χ0v) is 13.5. The van der Waals surface area contributed by atoms with Gasteiger partial charge in [0.25, 0.3) is 5.91 Å². The lowest BCUT2D eigenvalue weighted by Crippen LogP contribution is -2.25. The molecule has 0 saturated heterocycles. The molecule has 0 atom stereocenters. The third-order valence-corrected chi connectivity index (χ3v) is 3.55. The molecule has 0 radical (unpaired) electrons. The van der Waals surface area contributed by atoms with E-state index in [4.69, 9.17) is 4.74 Å². The van der Waals surface area contributed by atoms with Crippen LogP contribution in [0.25, 0.3) is 0 Å². The van der Waals surface area contributed by atoms with E-state index in [1.165, 1.54) is 0 Å². The molecule has 0 fully saturated rings. The van der Waals surface area contributed by atoms with Crippen LogP contribution in [0.15, 0.2) is 47.6 Å². The Balaban J connectivity index is 1.91. The van der Waals surface area contributed by atoms with E-state index in [1.807, 2.05) is 32.0 Å². The Kier molecular flexibility index (Phi) is 5.36. The number of nitrogens with zero attached hydrogens (tertiary/aromatic N) is 1. The monoisotopic (exact) mass is 312 g/mol. The number of hydrazone groups is 1. The number of hydrogen-bond donors (Lipinski definition) is 2. The van der Waals surface area contributed by atoms with Gasteiger partial charge in [0.2, 0.25) is 0 Å². The third-order valence-electron chi connectivity index (χ3n) is 3.55. The molecule has 23 heavy (non-hydrogen) atoms. The summed E-state index contributed by atoms with van der Waals surface area (Å²) in [5.74, 6) is 0.552. The lowest BCUT2D eigenvalue weighted by atomic mass is 10.1. The standard InChI is InChI=1S/C18H20N2O3/c1-12-5-4-6-17(13(12)2)23-11-18(22)20-19-14(3)15-7-9-16(21)10-8-15/h4-10,21H,11H2,1-3H3,(H,20,22)/b19-14+. The number of phenols is 1. The predicted molar refractivity (Wildman–Crippen MR) is 89.9 cm³/mol. The Morgan fingerprint density at radius 2 is 1.87 bits per heavy atom. The molecule has 0 aliphatic rings. The molecule has 0 aliphatic heterocycles. The summed E-state index contributed by atoms with van der Waals surface area (Å²) in [6.07, 6.45) is 0. The minimum atomic E-state index is -0.330. The van der Waals surface area contributed by atoms with Crippen LogP contribution < -0.4 is 10.2 Å². The van der Waals surface area contributed by atoms with Crippen LogP contribution in [0, 0.1) is 13.8 Å². The molecule has 1 amide bonds. The molecular weight excluding hydrogens is 292 g/mol. The first-order chi connectivity index (χ1) is 11.0. The van der Waals surface area contributed by atoms with Gasteiger partial charge in [-0.3, -0.25) is 4.79 Å². The van der Waals surface area contributed by atoms with Crippen LogP contribution in [0.2, 0.25) is 0 Å². The number of rotatable bonds is 5. The van der Waals surface area contributed by atoms with E-state index in [0.29, 0.717) is 11.5 Å². The summed E-state index contributed by atoms with van der Waals surface area (Å²) < 4.78 is 5.52. The number of aryl methyl sites for hydroxylation is 1. The van der Waals surface area contributed by atoms with E-state index >= 15 is 0 Å². The van der Waals surface area contributed by atoms with Gasteiger partial charge in [0.15, 0.2) is 6.61 Å². The SMILES string of the molecule is C/C(=N\NC(=O)COc1cccc(C)c1C)c1ccc(O)cc1. The molecule has 0 bridgehead atoms. The van der Waals surface area contributed by atoms with Crippen molar-refractivity contribution in [1.82, 2.24) is 5.43 Å². The predicted octanol–water partition coefficient (Wildman–Crippen LogP) is 2.93. The molecule has 120 valence electrons. The largest absolute Gasteiger partial charge is 0.508 e. The number of amides is 1. The van der Waals surface area contributed by atoms with E-state index < -0.39 is 0 Å². The van der Waals surface area contributed by atoms with Crippen molar-refractivity contribution in [3.05, 3.63) is 59.2 Å². The van der Waals surface area contributed by atoms with Gasteiger partial charge in [-0.2, -0.15) is 5.10 Å². The highest BCUT2D eigenvalue weighted by Gasteiger charge is 2.06. The Labute approximate surface area is 135 Å². The Morgan fingerprint density at radius 1 is 1.17 bits per heavy atom. The van der Waals surface area contributed by atoms with Crippen molar-refractivity contribution in [1.29, 1.82) is 0 Å². The number of hydrogen-bond acceptors (Lipinski definition) is 4. The molecule has 0 spiro atoms. The lowest BCUT2D eigenvalue weighted by Gasteiger charge is -2.10. The molecule has 0 aromatic heterocycles. The molecule has 0 aliphatic carbocycles.